The highest BCUT2D eigenvalue weighted by Crippen LogP contribution is 2.24. The summed E-state index contributed by atoms with van der Waals surface area (Å²) in [6.45, 7) is 0.840. The molecule has 8 nitrogen and oxygen atoms in total. The summed E-state index contributed by atoms with van der Waals surface area (Å²) in [5.74, 6) is -0.223. The van der Waals surface area contributed by atoms with E-state index in [4.69, 9.17) is 0 Å². The largest absolute Gasteiger partial charge is 0.357 e. The lowest BCUT2D eigenvalue weighted by Crippen LogP contribution is -2.52. The van der Waals surface area contributed by atoms with E-state index in [2.05, 4.69) is 20.8 Å². The van der Waals surface area contributed by atoms with Gasteiger partial charge in [-0.3, -0.25) is 9.59 Å². The fourth-order valence-electron chi connectivity index (χ4n) is 2.82. The molecule has 1 aromatic heterocycles. The molecule has 8 heteroatoms. The first-order chi connectivity index (χ1) is 11.2. The van der Waals surface area contributed by atoms with Gasteiger partial charge in [0.25, 0.3) is 0 Å². The Balaban J connectivity index is 1.77. The molecule has 23 heavy (non-hydrogen) atoms. The Morgan fingerprint density at radius 3 is 2.78 bits per heavy atom. The first-order valence-corrected chi connectivity index (χ1v) is 7.47. The van der Waals surface area contributed by atoms with Crippen molar-refractivity contribution >= 4 is 11.8 Å². The van der Waals surface area contributed by atoms with Crippen molar-refractivity contribution in [2.75, 3.05) is 7.05 Å². The average molecular weight is 314 g/mol. The number of amides is 2. The molecule has 3 rings (SSSR count). The number of likely N-dealkylation sites (N-methyl/N-ethyl adjacent to an activating group) is 1. The normalized spacial score (nSPS) is 16.7. The van der Waals surface area contributed by atoms with Gasteiger partial charge in [-0.25, -0.2) is 4.68 Å². The number of tetrazole rings is 1. The lowest BCUT2D eigenvalue weighted by molar-refractivity contribution is -0.141. The molecule has 1 aliphatic heterocycles. The molecule has 1 atom stereocenters. The van der Waals surface area contributed by atoms with Crippen molar-refractivity contribution in [3.8, 4) is 0 Å². The molecule has 1 aliphatic rings. The number of benzene rings is 1. The molecule has 0 aliphatic carbocycles. The monoisotopic (exact) mass is 314 g/mol. The van der Waals surface area contributed by atoms with Crippen LogP contribution >= 0.6 is 0 Å². The van der Waals surface area contributed by atoms with Crippen LogP contribution in [-0.4, -0.2) is 50.0 Å². The maximum atomic E-state index is 12.6. The van der Waals surface area contributed by atoms with Crippen molar-refractivity contribution in [3.05, 3.63) is 41.7 Å². The van der Waals surface area contributed by atoms with E-state index in [1.807, 2.05) is 24.3 Å². The number of carbonyl (C=O) groups is 2. The van der Waals surface area contributed by atoms with Gasteiger partial charge in [0.15, 0.2) is 0 Å². The molecule has 0 spiro atoms. The standard InChI is InChI=1S/C15H18N6O2/c1-16-15(23)13-8-11-4-2-3-5-12(11)9-21(13)14(22)6-7-20-10-17-18-19-20/h2-5,10,13H,6-9H2,1H3,(H,16,23)/t13-/m1/s1. The highest BCUT2D eigenvalue weighted by atomic mass is 16.2. The second-order valence-electron chi connectivity index (χ2n) is 5.45. The third-order valence-corrected chi connectivity index (χ3v) is 4.06. The Kier molecular flexibility index (Phi) is 4.31. The number of nitrogens with zero attached hydrogens (tertiary/aromatic N) is 5. The van der Waals surface area contributed by atoms with E-state index in [9.17, 15) is 9.59 Å². The van der Waals surface area contributed by atoms with Crippen LogP contribution in [-0.2, 0) is 29.1 Å². The topological polar surface area (TPSA) is 93.0 Å². The Labute approximate surface area is 133 Å². The van der Waals surface area contributed by atoms with Gasteiger partial charge in [0, 0.05) is 26.4 Å². The fourth-order valence-corrected chi connectivity index (χ4v) is 2.82. The number of aryl methyl sites for hydroxylation is 1. The van der Waals surface area contributed by atoms with Gasteiger partial charge in [0.2, 0.25) is 11.8 Å². The smallest absolute Gasteiger partial charge is 0.242 e. The summed E-state index contributed by atoms with van der Waals surface area (Å²) in [4.78, 5) is 26.4. The number of rotatable bonds is 4. The molecular weight excluding hydrogens is 296 g/mol. The van der Waals surface area contributed by atoms with E-state index in [0.717, 1.165) is 11.1 Å². The number of hydrogen-bond donors (Lipinski definition) is 1. The van der Waals surface area contributed by atoms with Gasteiger partial charge in [-0.2, -0.15) is 0 Å². The van der Waals surface area contributed by atoms with Crippen LogP contribution in [0.2, 0.25) is 0 Å². The van der Waals surface area contributed by atoms with Gasteiger partial charge in [0.05, 0.1) is 6.54 Å². The first-order valence-electron chi connectivity index (χ1n) is 7.47. The summed E-state index contributed by atoms with van der Waals surface area (Å²) >= 11 is 0. The molecule has 0 fully saturated rings. The van der Waals surface area contributed by atoms with E-state index < -0.39 is 6.04 Å². The van der Waals surface area contributed by atoms with Gasteiger partial charge < -0.3 is 10.2 Å². The molecule has 120 valence electrons. The molecule has 1 aromatic carbocycles. The molecule has 2 aromatic rings. The highest BCUT2D eigenvalue weighted by molar-refractivity contribution is 5.88. The minimum absolute atomic E-state index is 0.0800. The van der Waals surface area contributed by atoms with E-state index in [1.54, 1.807) is 11.9 Å². The summed E-state index contributed by atoms with van der Waals surface area (Å²) in [7, 11) is 1.59. The summed E-state index contributed by atoms with van der Waals surface area (Å²) in [5.41, 5.74) is 2.20. The number of hydrogen-bond acceptors (Lipinski definition) is 5. The van der Waals surface area contributed by atoms with Crippen molar-refractivity contribution in [1.82, 2.24) is 30.4 Å². The Morgan fingerprint density at radius 1 is 1.30 bits per heavy atom. The third-order valence-electron chi connectivity index (χ3n) is 4.06. The van der Waals surface area contributed by atoms with Gasteiger partial charge in [0.1, 0.15) is 12.4 Å². The summed E-state index contributed by atoms with van der Waals surface area (Å²) in [5, 5.41) is 13.5. The van der Waals surface area contributed by atoms with Crippen LogP contribution in [0.4, 0.5) is 0 Å². The summed E-state index contributed by atoms with van der Waals surface area (Å²) < 4.78 is 1.50. The highest BCUT2D eigenvalue weighted by Gasteiger charge is 2.33. The minimum Gasteiger partial charge on any atom is -0.357 e. The van der Waals surface area contributed by atoms with Crippen molar-refractivity contribution in [1.29, 1.82) is 0 Å². The SMILES string of the molecule is CNC(=O)[C@H]1Cc2ccccc2CN1C(=O)CCn1cnnn1. The van der Waals surface area contributed by atoms with Gasteiger partial charge in [-0.15, -0.1) is 5.10 Å². The van der Waals surface area contributed by atoms with Crippen LogP contribution in [0, 0.1) is 0 Å². The molecule has 2 amide bonds. The first kappa shape index (κ1) is 15.1. The molecule has 0 bridgehead atoms. The van der Waals surface area contributed by atoms with Gasteiger partial charge in [-0.1, -0.05) is 24.3 Å². The predicted molar refractivity (Wildman–Crippen MR) is 81.0 cm³/mol. The predicted octanol–water partition coefficient (Wildman–Crippen LogP) is -0.237. The molecule has 0 saturated carbocycles. The Hall–Kier alpha value is -2.77. The lowest BCUT2D eigenvalue weighted by Gasteiger charge is -2.35. The second kappa shape index (κ2) is 6.55. The molecule has 0 saturated heterocycles. The van der Waals surface area contributed by atoms with Crippen molar-refractivity contribution in [2.45, 2.75) is 32.0 Å². The van der Waals surface area contributed by atoms with Crippen LogP contribution < -0.4 is 5.32 Å². The maximum absolute atomic E-state index is 12.6. The van der Waals surface area contributed by atoms with E-state index >= 15 is 0 Å². The van der Waals surface area contributed by atoms with E-state index in [-0.39, 0.29) is 18.2 Å². The minimum atomic E-state index is -0.476. The molecular formula is C15H18N6O2. The zero-order chi connectivity index (χ0) is 16.2. The quantitative estimate of drug-likeness (QED) is 0.841. The van der Waals surface area contributed by atoms with Crippen molar-refractivity contribution in [2.24, 2.45) is 0 Å². The van der Waals surface area contributed by atoms with Crippen LogP contribution in [0.15, 0.2) is 30.6 Å². The fraction of sp³-hybridized carbons (Fsp3) is 0.400. The van der Waals surface area contributed by atoms with E-state index in [1.165, 1.54) is 11.0 Å². The lowest BCUT2D eigenvalue weighted by atomic mass is 9.93. The van der Waals surface area contributed by atoms with Crippen LogP contribution in [0.1, 0.15) is 17.5 Å². The van der Waals surface area contributed by atoms with Crippen LogP contribution in [0.5, 0.6) is 0 Å². The van der Waals surface area contributed by atoms with Gasteiger partial charge >= 0.3 is 0 Å². The van der Waals surface area contributed by atoms with Crippen LogP contribution in [0.25, 0.3) is 0 Å². The zero-order valence-electron chi connectivity index (χ0n) is 12.8. The average Bonchev–Trinajstić information content (AvgIpc) is 3.11. The van der Waals surface area contributed by atoms with Crippen molar-refractivity contribution in [3.63, 3.8) is 0 Å². The van der Waals surface area contributed by atoms with Gasteiger partial charge in [-0.05, 0) is 21.6 Å². The zero-order valence-corrected chi connectivity index (χ0v) is 12.8. The molecule has 0 radical (unpaired) electrons. The summed E-state index contributed by atoms with van der Waals surface area (Å²) in [6.07, 6.45) is 2.25. The number of aromatic nitrogens is 4. The third kappa shape index (κ3) is 3.20. The summed E-state index contributed by atoms with van der Waals surface area (Å²) in [6, 6.07) is 7.43. The number of carbonyl (C=O) groups excluding carboxylic acids is 2. The Bertz CT molecular complexity index is 700. The maximum Gasteiger partial charge on any atom is 0.242 e. The molecule has 1 N–H and O–H groups in total. The number of nitrogens with one attached hydrogen (secondary N) is 1. The number of fused-ring (bicyclic) bond motifs is 1. The van der Waals surface area contributed by atoms with E-state index in [0.29, 0.717) is 19.5 Å². The molecule has 0 unspecified atom stereocenters. The Morgan fingerprint density at radius 2 is 2.09 bits per heavy atom. The van der Waals surface area contributed by atoms with Crippen molar-refractivity contribution < 1.29 is 9.59 Å². The second-order valence-corrected chi connectivity index (χ2v) is 5.45. The van der Waals surface area contributed by atoms with Crippen LogP contribution in [0.3, 0.4) is 0 Å². The molecule has 2 heterocycles.